The number of aliphatic hydroxyl groups excluding tert-OH is 1. The Hall–Kier alpha value is -5.21. The lowest BCUT2D eigenvalue weighted by molar-refractivity contribution is -0.135. The summed E-state index contributed by atoms with van der Waals surface area (Å²) in [5.41, 5.74) is 5.83. The first-order chi connectivity index (χ1) is 26.0. The third-order valence-corrected chi connectivity index (χ3v) is 10.6. The normalized spacial score (nSPS) is 19.2. The number of amides is 3. The Morgan fingerprint density at radius 1 is 0.759 bits per heavy atom. The molecule has 4 aromatic rings. The zero-order valence-corrected chi connectivity index (χ0v) is 31.8. The molecule has 14 nitrogen and oxygen atoms in total. The first-order valence-electron chi connectivity index (χ1n) is 18.7. The van der Waals surface area contributed by atoms with Crippen molar-refractivity contribution in [3.63, 3.8) is 0 Å². The molecule has 3 amide bonds. The molecule has 5 unspecified atom stereocenters. The van der Waals surface area contributed by atoms with E-state index in [4.69, 9.17) is 9.47 Å². The fourth-order valence-corrected chi connectivity index (χ4v) is 7.59. The number of alkyl carbamates (subject to hydrolysis) is 2. The summed E-state index contributed by atoms with van der Waals surface area (Å²) in [6.45, 7) is 9.03. The number of carbonyl (C=O) groups excluding carboxylic acids is 3. The number of likely N-dealkylation sites (tertiary alicyclic amines) is 2. The number of aromatic nitrogens is 4. The SMILES string of the molecule is COC(=O)NC(C(=O)N1CCCC1c1ncc(-c2ccc(-c3ccc(-c4ncc(C5CCCN5C(O)C(NC(=O)OC)C(C)C)[nH]4)cc3)cc2)[nH]1)C(C)C. The number of rotatable bonds is 12. The lowest BCUT2D eigenvalue weighted by Gasteiger charge is -2.36. The van der Waals surface area contributed by atoms with E-state index in [0.29, 0.717) is 13.1 Å². The molecule has 14 heteroatoms. The number of nitrogens with zero attached hydrogens (tertiary/aromatic N) is 4. The average molecular weight is 741 g/mol. The van der Waals surface area contributed by atoms with Crippen molar-refractivity contribution < 1.29 is 29.0 Å². The number of methoxy groups -OCH3 is 2. The maximum absolute atomic E-state index is 13.5. The summed E-state index contributed by atoms with van der Waals surface area (Å²) < 4.78 is 9.55. The van der Waals surface area contributed by atoms with Crippen LogP contribution in [0.15, 0.2) is 60.9 Å². The summed E-state index contributed by atoms with van der Waals surface area (Å²) >= 11 is 0. The van der Waals surface area contributed by atoms with E-state index in [1.165, 1.54) is 14.2 Å². The fourth-order valence-electron chi connectivity index (χ4n) is 7.59. The Morgan fingerprint density at radius 3 is 1.98 bits per heavy atom. The number of ether oxygens (including phenoxy) is 2. The van der Waals surface area contributed by atoms with Crippen molar-refractivity contribution in [2.24, 2.45) is 11.8 Å². The summed E-state index contributed by atoms with van der Waals surface area (Å²) in [4.78, 5) is 57.5. The molecular weight excluding hydrogens is 688 g/mol. The number of aromatic amines is 2. The first kappa shape index (κ1) is 38.5. The predicted octanol–water partition coefficient (Wildman–Crippen LogP) is 6.01. The predicted molar refractivity (Wildman–Crippen MR) is 204 cm³/mol. The number of benzene rings is 2. The number of carbonyl (C=O) groups is 3. The van der Waals surface area contributed by atoms with Crippen LogP contribution in [0.4, 0.5) is 9.59 Å². The molecule has 4 heterocycles. The number of imidazole rings is 2. The van der Waals surface area contributed by atoms with Gasteiger partial charge in [0, 0.05) is 18.7 Å². The van der Waals surface area contributed by atoms with Crippen LogP contribution in [0.25, 0.3) is 33.8 Å². The Kier molecular flexibility index (Phi) is 12.0. The summed E-state index contributed by atoms with van der Waals surface area (Å²) in [6, 6.07) is 15.1. The number of aliphatic hydroxyl groups is 1. The van der Waals surface area contributed by atoms with Gasteiger partial charge in [-0.1, -0.05) is 76.2 Å². The number of H-pyrrole nitrogens is 2. The second-order valence-corrected chi connectivity index (χ2v) is 14.8. The minimum absolute atomic E-state index is 0.000190. The van der Waals surface area contributed by atoms with Crippen molar-refractivity contribution in [3.05, 3.63) is 72.4 Å². The Labute approximate surface area is 316 Å². The van der Waals surface area contributed by atoms with E-state index in [1.54, 1.807) is 6.20 Å². The molecule has 0 bridgehead atoms. The van der Waals surface area contributed by atoms with E-state index in [0.717, 1.165) is 71.0 Å². The molecule has 6 rings (SSSR count). The topological polar surface area (TPSA) is 178 Å². The largest absolute Gasteiger partial charge is 0.453 e. The van der Waals surface area contributed by atoms with Crippen molar-refractivity contribution in [3.8, 4) is 33.8 Å². The van der Waals surface area contributed by atoms with Gasteiger partial charge in [0.05, 0.1) is 56.1 Å². The summed E-state index contributed by atoms with van der Waals surface area (Å²) in [6.07, 6.45) is 5.00. The highest BCUT2D eigenvalue weighted by molar-refractivity contribution is 5.86. The van der Waals surface area contributed by atoms with Gasteiger partial charge in [-0.2, -0.15) is 0 Å². The van der Waals surface area contributed by atoms with Crippen LogP contribution in [-0.4, -0.2) is 98.6 Å². The van der Waals surface area contributed by atoms with Gasteiger partial charge in [-0.3, -0.25) is 9.69 Å². The smallest absolute Gasteiger partial charge is 0.407 e. The zero-order chi connectivity index (χ0) is 38.5. The van der Waals surface area contributed by atoms with Crippen LogP contribution in [0, 0.1) is 11.8 Å². The van der Waals surface area contributed by atoms with Gasteiger partial charge in [0.2, 0.25) is 5.91 Å². The van der Waals surface area contributed by atoms with Crippen LogP contribution in [0.1, 0.15) is 77.0 Å². The minimum atomic E-state index is -0.876. The number of nitrogens with one attached hydrogen (secondary N) is 4. The van der Waals surface area contributed by atoms with Crippen LogP contribution in [-0.2, 0) is 14.3 Å². The van der Waals surface area contributed by atoms with E-state index in [-0.39, 0.29) is 29.8 Å². The molecule has 0 aliphatic carbocycles. The molecule has 5 atom stereocenters. The van der Waals surface area contributed by atoms with E-state index in [1.807, 2.05) is 55.8 Å². The van der Waals surface area contributed by atoms with Gasteiger partial charge >= 0.3 is 12.2 Å². The first-order valence-corrected chi connectivity index (χ1v) is 18.7. The molecule has 0 saturated carbocycles. The zero-order valence-electron chi connectivity index (χ0n) is 31.8. The van der Waals surface area contributed by atoms with Crippen LogP contribution in [0.2, 0.25) is 0 Å². The fraction of sp³-hybridized carbons (Fsp3) is 0.475. The number of hydrogen-bond acceptors (Lipinski definition) is 9. The quantitative estimate of drug-likeness (QED) is 0.116. The van der Waals surface area contributed by atoms with Crippen molar-refractivity contribution in [2.45, 2.75) is 83.8 Å². The lowest BCUT2D eigenvalue weighted by atomic mass is 10.0. The number of hydrogen-bond donors (Lipinski definition) is 5. The summed E-state index contributed by atoms with van der Waals surface area (Å²) in [5, 5.41) is 16.8. The maximum Gasteiger partial charge on any atom is 0.407 e. The molecule has 0 spiro atoms. The van der Waals surface area contributed by atoms with Crippen molar-refractivity contribution in [1.82, 2.24) is 40.4 Å². The van der Waals surface area contributed by atoms with Gasteiger partial charge in [0.25, 0.3) is 0 Å². The van der Waals surface area contributed by atoms with Crippen molar-refractivity contribution in [1.29, 1.82) is 0 Å². The monoisotopic (exact) mass is 740 g/mol. The molecule has 2 aliphatic rings. The molecule has 2 aromatic heterocycles. The van der Waals surface area contributed by atoms with Gasteiger partial charge in [-0.15, -0.1) is 0 Å². The lowest BCUT2D eigenvalue weighted by Crippen LogP contribution is -2.54. The Bertz CT molecular complexity index is 1890. The highest BCUT2D eigenvalue weighted by Gasteiger charge is 2.39. The van der Waals surface area contributed by atoms with Crippen LogP contribution >= 0.6 is 0 Å². The van der Waals surface area contributed by atoms with Gasteiger partial charge < -0.3 is 40.1 Å². The van der Waals surface area contributed by atoms with E-state index >= 15 is 0 Å². The van der Waals surface area contributed by atoms with Crippen molar-refractivity contribution >= 4 is 18.1 Å². The molecule has 54 heavy (non-hydrogen) atoms. The van der Waals surface area contributed by atoms with E-state index in [9.17, 15) is 19.5 Å². The summed E-state index contributed by atoms with van der Waals surface area (Å²) in [7, 11) is 2.61. The second-order valence-electron chi connectivity index (χ2n) is 14.8. The van der Waals surface area contributed by atoms with E-state index < -0.39 is 30.5 Å². The van der Waals surface area contributed by atoms with E-state index in [2.05, 4.69) is 67.0 Å². The van der Waals surface area contributed by atoms with Crippen LogP contribution < -0.4 is 10.6 Å². The minimum Gasteiger partial charge on any atom is -0.453 e. The summed E-state index contributed by atoms with van der Waals surface area (Å²) in [5.74, 6) is 1.23. The molecular formula is C40H52N8O6. The standard InChI is InChI=1S/C40H52N8O6/c1-23(2)33(45-39(51)53-5)37(49)47-19-7-9-31(47)30-22-41-35(44-30)28-17-13-26(14-18-28)25-11-15-27(16-12-25)29-21-42-36(43-29)32-10-8-20-48(32)38(50)34(24(3)4)46-40(52)54-6/h11-18,21-24,31-34,37,49H,7-10,19-20H2,1-6H3,(H,41,44)(H,42,43)(H,45,51)(H,46,52). The van der Waals surface area contributed by atoms with Crippen LogP contribution in [0.3, 0.4) is 0 Å². The average Bonchev–Trinajstić information content (AvgIpc) is 4.02. The highest BCUT2D eigenvalue weighted by Crippen LogP contribution is 2.36. The third kappa shape index (κ3) is 8.29. The molecule has 0 radical (unpaired) electrons. The molecule has 2 fully saturated rings. The van der Waals surface area contributed by atoms with Gasteiger partial charge in [-0.25, -0.2) is 19.6 Å². The molecule has 2 aromatic carbocycles. The molecule has 5 N–H and O–H groups in total. The van der Waals surface area contributed by atoms with Gasteiger partial charge in [-0.05, 0) is 54.2 Å². The second kappa shape index (κ2) is 16.9. The third-order valence-electron chi connectivity index (χ3n) is 10.6. The molecule has 288 valence electrons. The van der Waals surface area contributed by atoms with Crippen molar-refractivity contribution in [2.75, 3.05) is 27.3 Å². The van der Waals surface area contributed by atoms with Gasteiger partial charge in [0.15, 0.2) is 0 Å². The maximum atomic E-state index is 13.5. The van der Waals surface area contributed by atoms with Gasteiger partial charge in [0.1, 0.15) is 23.9 Å². The Morgan fingerprint density at radius 2 is 1.35 bits per heavy atom. The molecule has 2 saturated heterocycles. The molecule has 2 aliphatic heterocycles. The highest BCUT2D eigenvalue weighted by atomic mass is 16.5. The van der Waals surface area contributed by atoms with Crippen LogP contribution in [0.5, 0.6) is 0 Å². The Balaban J connectivity index is 1.10.